The first-order valence-corrected chi connectivity index (χ1v) is 9.46. The summed E-state index contributed by atoms with van der Waals surface area (Å²) in [5, 5.41) is 16.2. The molecule has 0 radical (unpaired) electrons. The minimum absolute atomic E-state index is 0.0839. The molecule has 0 saturated carbocycles. The topological polar surface area (TPSA) is 114 Å². The van der Waals surface area contributed by atoms with Crippen LogP contribution in [-0.4, -0.2) is 36.4 Å². The molecule has 0 bridgehead atoms. The quantitative estimate of drug-likeness (QED) is 0.529. The normalized spacial score (nSPS) is 10.2. The predicted octanol–water partition coefficient (Wildman–Crippen LogP) is 3.27. The molecule has 11 heteroatoms. The van der Waals surface area contributed by atoms with Crippen LogP contribution in [0.15, 0.2) is 42.5 Å². The highest BCUT2D eigenvalue weighted by Crippen LogP contribution is 2.29. The van der Waals surface area contributed by atoms with E-state index in [2.05, 4.69) is 26.1 Å². The molecule has 3 amide bonds. The van der Waals surface area contributed by atoms with E-state index >= 15 is 0 Å². The molecule has 1 heterocycles. The van der Waals surface area contributed by atoms with E-state index in [1.807, 2.05) is 0 Å². The van der Waals surface area contributed by atoms with E-state index in [0.717, 1.165) is 11.3 Å². The molecular formula is C19H18FN5O4S. The fourth-order valence-electron chi connectivity index (χ4n) is 2.38. The van der Waals surface area contributed by atoms with Crippen LogP contribution in [0, 0.1) is 5.82 Å². The lowest BCUT2D eigenvalue weighted by molar-refractivity contribution is 0.102. The zero-order valence-electron chi connectivity index (χ0n) is 16.1. The Morgan fingerprint density at radius 2 is 1.67 bits per heavy atom. The molecule has 0 fully saturated rings. The molecule has 156 valence electrons. The summed E-state index contributed by atoms with van der Waals surface area (Å²) in [5.74, 6) is 0.156. The number of ether oxygens (including phenoxy) is 2. The molecule has 0 aliphatic rings. The fourth-order valence-corrected chi connectivity index (χ4v) is 3.05. The van der Waals surface area contributed by atoms with Crippen LogP contribution >= 0.6 is 11.3 Å². The van der Waals surface area contributed by atoms with Gasteiger partial charge in [0.25, 0.3) is 5.91 Å². The maximum absolute atomic E-state index is 12.9. The minimum atomic E-state index is -0.472. The number of rotatable bonds is 7. The maximum atomic E-state index is 12.9. The molecule has 0 unspecified atom stereocenters. The SMILES string of the molecule is COc1ccc(NC(=O)NCc2nnc(C(=O)Nc3ccc(F)cc3)s2)cc1OC. The zero-order valence-corrected chi connectivity index (χ0v) is 16.9. The number of aromatic nitrogens is 2. The predicted molar refractivity (Wildman–Crippen MR) is 110 cm³/mol. The first-order valence-electron chi connectivity index (χ1n) is 8.64. The van der Waals surface area contributed by atoms with Crippen LogP contribution in [0.25, 0.3) is 0 Å². The Kier molecular flexibility index (Phi) is 6.75. The van der Waals surface area contributed by atoms with Crippen LogP contribution in [0.3, 0.4) is 0 Å². The second kappa shape index (κ2) is 9.65. The van der Waals surface area contributed by atoms with Crippen molar-refractivity contribution in [2.24, 2.45) is 0 Å². The van der Waals surface area contributed by atoms with Gasteiger partial charge in [0.15, 0.2) is 11.5 Å². The molecule has 2 aromatic carbocycles. The molecule has 0 spiro atoms. The third-order valence-corrected chi connectivity index (χ3v) is 4.73. The first kappa shape index (κ1) is 21.0. The van der Waals surface area contributed by atoms with Crippen LogP contribution in [0.1, 0.15) is 14.8 Å². The van der Waals surface area contributed by atoms with Gasteiger partial charge in [-0.1, -0.05) is 11.3 Å². The summed E-state index contributed by atoms with van der Waals surface area (Å²) in [6.07, 6.45) is 0. The van der Waals surface area contributed by atoms with Gasteiger partial charge < -0.3 is 25.4 Å². The van der Waals surface area contributed by atoms with Gasteiger partial charge >= 0.3 is 6.03 Å². The maximum Gasteiger partial charge on any atom is 0.319 e. The number of anilines is 2. The Hall–Kier alpha value is -3.73. The van der Waals surface area contributed by atoms with Crippen molar-refractivity contribution in [2.75, 3.05) is 24.9 Å². The molecule has 9 nitrogen and oxygen atoms in total. The van der Waals surface area contributed by atoms with Crippen molar-refractivity contribution in [3.8, 4) is 11.5 Å². The van der Waals surface area contributed by atoms with Gasteiger partial charge in [-0.25, -0.2) is 9.18 Å². The van der Waals surface area contributed by atoms with Gasteiger partial charge in [-0.15, -0.1) is 10.2 Å². The molecule has 0 aliphatic heterocycles. The van der Waals surface area contributed by atoms with E-state index in [1.54, 1.807) is 18.2 Å². The average molecular weight is 431 g/mol. The number of hydrogen-bond donors (Lipinski definition) is 3. The molecule has 0 atom stereocenters. The van der Waals surface area contributed by atoms with Crippen molar-refractivity contribution in [1.29, 1.82) is 0 Å². The highest BCUT2D eigenvalue weighted by Gasteiger charge is 2.14. The van der Waals surface area contributed by atoms with Crippen LogP contribution in [0.4, 0.5) is 20.6 Å². The number of amides is 3. The second-order valence-electron chi connectivity index (χ2n) is 5.84. The van der Waals surface area contributed by atoms with Gasteiger partial charge in [0, 0.05) is 17.4 Å². The Bertz CT molecular complexity index is 1040. The standard InChI is InChI=1S/C19H18FN5O4S/c1-28-14-8-7-13(9-15(14)29-2)23-19(27)21-10-16-24-25-18(30-16)17(26)22-12-5-3-11(20)4-6-12/h3-9H,10H2,1-2H3,(H,22,26)(H2,21,23,27). The fraction of sp³-hybridized carbons (Fsp3) is 0.158. The summed E-state index contributed by atoms with van der Waals surface area (Å²) in [6, 6.07) is 9.86. The number of urea groups is 1. The molecule has 3 rings (SSSR count). The van der Waals surface area contributed by atoms with E-state index in [-0.39, 0.29) is 11.6 Å². The molecule has 1 aromatic heterocycles. The van der Waals surface area contributed by atoms with Gasteiger partial charge in [0.2, 0.25) is 5.01 Å². The van der Waals surface area contributed by atoms with Crippen LogP contribution in [0.2, 0.25) is 0 Å². The molecule has 3 aromatic rings. The molecule has 0 aliphatic carbocycles. The third-order valence-electron chi connectivity index (χ3n) is 3.80. The second-order valence-corrected chi connectivity index (χ2v) is 6.90. The third kappa shape index (κ3) is 5.41. The van der Waals surface area contributed by atoms with E-state index in [9.17, 15) is 14.0 Å². The van der Waals surface area contributed by atoms with E-state index in [1.165, 1.54) is 38.5 Å². The number of nitrogens with zero attached hydrogens (tertiary/aromatic N) is 2. The number of benzene rings is 2. The monoisotopic (exact) mass is 431 g/mol. The number of hydrogen-bond acceptors (Lipinski definition) is 7. The summed E-state index contributed by atoms with van der Waals surface area (Å²) in [7, 11) is 3.02. The smallest absolute Gasteiger partial charge is 0.319 e. The number of methoxy groups -OCH3 is 2. The largest absolute Gasteiger partial charge is 0.493 e. The van der Waals surface area contributed by atoms with E-state index in [4.69, 9.17) is 9.47 Å². The Balaban J connectivity index is 1.52. The zero-order chi connectivity index (χ0) is 21.5. The first-order chi connectivity index (χ1) is 14.5. The molecular weight excluding hydrogens is 413 g/mol. The molecule has 30 heavy (non-hydrogen) atoms. The van der Waals surface area contributed by atoms with Crippen molar-refractivity contribution in [1.82, 2.24) is 15.5 Å². The lowest BCUT2D eigenvalue weighted by Gasteiger charge is -2.10. The molecule has 3 N–H and O–H groups in total. The van der Waals surface area contributed by atoms with Crippen molar-refractivity contribution < 1.29 is 23.5 Å². The van der Waals surface area contributed by atoms with Crippen molar-refractivity contribution in [2.45, 2.75) is 6.54 Å². The summed E-state index contributed by atoms with van der Waals surface area (Å²) >= 11 is 1.04. The lowest BCUT2D eigenvalue weighted by atomic mass is 10.3. The lowest BCUT2D eigenvalue weighted by Crippen LogP contribution is -2.28. The van der Waals surface area contributed by atoms with Crippen LogP contribution in [0.5, 0.6) is 11.5 Å². The number of nitrogens with one attached hydrogen (secondary N) is 3. The van der Waals surface area contributed by atoms with Gasteiger partial charge in [-0.3, -0.25) is 4.79 Å². The number of carbonyl (C=O) groups excluding carboxylic acids is 2. The van der Waals surface area contributed by atoms with Gasteiger partial charge in [0.1, 0.15) is 10.8 Å². The van der Waals surface area contributed by atoms with Crippen molar-refractivity contribution >= 4 is 34.6 Å². The average Bonchev–Trinajstić information content (AvgIpc) is 3.23. The Morgan fingerprint density at radius 3 is 2.37 bits per heavy atom. The number of halogens is 1. The van der Waals surface area contributed by atoms with E-state index in [0.29, 0.717) is 27.9 Å². The highest BCUT2D eigenvalue weighted by atomic mass is 32.1. The molecule has 0 saturated heterocycles. The van der Waals surface area contributed by atoms with Crippen molar-refractivity contribution in [3.05, 3.63) is 58.3 Å². The van der Waals surface area contributed by atoms with Gasteiger partial charge in [-0.2, -0.15) is 0 Å². The number of carbonyl (C=O) groups is 2. The summed E-state index contributed by atoms with van der Waals surface area (Å²) in [6.45, 7) is 0.0839. The Labute approximate surface area is 175 Å². The highest BCUT2D eigenvalue weighted by molar-refractivity contribution is 7.13. The summed E-state index contributed by atoms with van der Waals surface area (Å²) in [4.78, 5) is 24.3. The van der Waals surface area contributed by atoms with E-state index < -0.39 is 17.8 Å². The van der Waals surface area contributed by atoms with Gasteiger partial charge in [0.05, 0.1) is 20.8 Å². The summed E-state index contributed by atoms with van der Waals surface area (Å²) < 4.78 is 23.3. The Morgan fingerprint density at radius 1 is 0.967 bits per heavy atom. The van der Waals surface area contributed by atoms with Crippen LogP contribution < -0.4 is 25.4 Å². The minimum Gasteiger partial charge on any atom is -0.493 e. The van der Waals surface area contributed by atoms with Crippen molar-refractivity contribution in [3.63, 3.8) is 0 Å². The van der Waals surface area contributed by atoms with Crippen LogP contribution in [-0.2, 0) is 6.54 Å². The van der Waals surface area contributed by atoms with Gasteiger partial charge in [-0.05, 0) is 36.4 Å². The summed E-state index contributed by atoms with van der Waals surface area (Å²) in [5.41, 5.74) is 0.951.